The molecule has 102 valence electrons. The lowest BCUT2D eigenvalue weighted by Gasteiger charge is -2.18. The number of carbonyl (C=O) groups excluding carboxylic acids is 1. The van der Waals surface area contributed by atoms with Crippen LogP contribution >= 0.6 is 0 Å². The van der Waals surface area contributed by atoms with E-state index in [1.807, 2.05) is 36.4 Å². The Balaban J connectivity index is 1.70. The summed E-state index contributed by atoms with van der Waals surface area (Å²) in [5.74, 6) is 0. The molecular weight excluding hydrogens is 248 g/mol. The molecule has 0 bridgehead atoms. The van der Waals surface area contributed by atoms with Gasteiger partial charge in [0.05, 0.1) is 12.1 Å². The van der Waals surface area contributed by atoms with E-state index >= 15 is 0 Å². The minimum absolute atomic E-state index is 0.0631. The third-order valence-electron chi connectivity index (χ3n) is 3.72. The molecule has 0 spiro atoms. The molecule has 20 heavy (non-hydrogen) atoms. The van der Waals surface area contributed by atoms with Gasteiger partial charge in [-0.3, -0.25) is 0 Å². The van der Waals surface area contributed by atoms with Crippen molar-refractivity contribution in [3.63, 3.8) is 0 Å². The maximum atomic E-state index is 11.6. The molecule has 2 aromatic carbocycles. The Bertz CT molecular complexity index is 517. The number of amides is 2. The fourth-order valence-corrected chi connectivity index (χ4v) is 2.70. The standard InChI is InChI=1S/C17H18N2O/c20-17-18-15(11-13-7-3-1-4-8-13)16(19-17)12-14-9-5-2-6-10-14/h1-10,15-16H,11-12H2,(H2,18,19,20). The summed E-state index contributed by atoms with van der Waals surface area (Å²) in [5, 5.41) is 6.05. The van der Waals surface area contributed by atoms with Gasteiger partial charge in [-0.1, -0.05) is 60.7 Å². The van der Waals surface area contributed by atoms with E-state index in [1.165, 1.54) is 11.1 Å². The lowest BCUT2D eigenvalue weighted by atomic mass is 9.96. The van der Waals surface area contributed by atoms with Gasteiger partial charge in [0.15, 0.2) is 0 Å². The lowest BCUT2D eigenvalue weighted by Crippen LogP contribution is -2.37. The first-order valence-corrected chi connectivity index (χ1v) is 6.96. The summed E-state index contributed by atoms with van der Waals surface area (Å²) in [6.45, 7) is 0. The van der Waals surface area contributed by atoms with E-state index < -0.39 is 0 Å². The van der Waals surface area contributed by atoms with Gasteiger partial charge in [-0.25, -0.2) is 4.79 Å². The van der Waals surface area contributed by atoms with Crippen LogP contribution in [-0.2, 0) is 12.8 Å². The Morgan fingerprint density at radius 1 is 0.700 bits per heavy atom. The second-order valence-electron chi connectivity index (χ2n) is 5.21. The average Bonchev–Trinajstić information content (AvgIpc) is 2.81. The molecule has 0 radical (unpaired) electrons. The van der Waals surface area contributed by atoms with Gasteiger partial charge in [0.25, 0.3) is 0 Å². The predicted octanol–water partition coefficient (Wildman–Crippen LogP) is 2.52. The van der Waals surface area contributed by atoms with Gasteiger partial charge in [0, 0.05) is 0 Å². The molecule has 2 unspecified atom stereocenters. The summed E-state index contributed by atoms with van der Waals surface area (Å²) < 4.78 is 0. The van der Waals surface area contributed by atoms with E-state index in [0.29, 0.717) is 0 Å². The molecule has 2 N–H and O–H groups in total. The lowest BCUT2D eigenvalue weighted by molar-refractivity contribution is 0.247. The first-order chi connectivity index (χ1) is 9.81. The summed E-state index contributed by atoms with van der Waals surface area (Å²) >= 11 is 0. The number of urea groups is 1. The van der Waals surface area contributed by atoms with Gasteiger partial charge in [0.1, 0.15) is 0 Å². The van der Waals surface area contributed by atoms with Crippen molar-refractivity contribution in [1.29, 1.82) is 0 Å². The molecule has 1 saturated heterocycles. The zero-order valence-electron chi connectivity index (χ0n) is 11.3. The maximum Gasteiger partial charge on any atom is 0.315 e. The number of hydrogen-bond donors (Lipinski definition) is 2. The Morgan fingerprint density at radius 2 is 1.10 bits per heavy atom. The van der Waals surface area contributed by atoms with Crippen molar-refractivity contribution < 1.29 is 4.79 Å². The quantitative estimate of drug-likeness (QED) is 0.877. The normalized spacial score (nSPS) is 21.3. The number of hydrogen-bond acceptors (Lipinski definition) is 1. The summed E-state index contributed by atoms with van der Waals surface area (Å²) in [6, 6.07) is 20.8. The van der Waals surface area contributed by atoms with Crippen LogP contribution < -0.4 is 10.6 Å². The third kappa shape index (κ3) is 2.99. The van der Waals surface area contributed by atoms with Gasteiger partial charge < -0.3 is 10.6 Å². The van der Waals surface area contributed by atoms with Gasteiger partial charge >= 0.3 is 6.03 Å². The van der Waals surface area contributed by atoms with E-state index in [-0.39, 0.29) is 18.1 Å². The van der Waals surface area contributed by atoms with Crippen LogP contribution in [0.3, 0.4) is 0 Å². The topological polar surface area (TPSA) is 41.1 Å². The van der Waals surface area contributed by atoms with Crippen molar-refractivity contribution >= 4 is 6.03 Å². The molecular formula is C17H18N2O. The molecule has 2 amide bonds. The molecule has 1 aliphatic rings. The van der Waals surface area contributed by atoms with Crippen LogP contribution in [0.5, 0.6) is 0 Å². The summed E-state index contributed by atoms with van der Waals surface area (Å²) in [7, 11) is 0. The third-order valence-corrected chi connectivity index (χ3v) is 3.72. The van der Waals surface area contributed by atoms with E-state index in [9.17, 15) is 4.79 Å². The van der Waals surface area contributed by atoms with Gasteiger partial charge in [-0.2, -0.15) is 0 Å². The summed E-state index contributed by atoms with van der Waals surface area (Å²) in [4.78, 5) is 11.6. The SMILES string of the molecule is O=C1NC(Cc2ccccc2)C(Cc2ccccc2)N1. The van der Waals surface area contributed by atoms with Crippen molar-refractivity contribution in [1.82, 2.24) is 10.6 Å². The first kappa shape index (κ1) is 12.7. The van der Waals surface area contributed by atoms with Crippen molar-refractivity contribution in [3.05, 3.63) is 71.8 Å². The molecule has 1 fully saturated rings. The van der Waals surface area contributed by atoms with Gasteiger partial charge in [-0.15, -0.1) is 0 Å². The molecule has 0 aromatic heterocycles. The smallest absolute Gasteiger partial charge is 0.315 e. The highest BCUT2D eigenvalue weighted by Crippen LogP contribution is 2.14. The van der Waals surface area contributed by atoms with Gasteiger partial charge in [-0.05, 0) is 24.0 Å². The highest BCUT2D eigenvalue weighted by atomic mass is 16.2. The van der Waals surface area contributed by atoms with E-state index in [4.69, 9.17) is 0 Å². The molecule has 3 nitrogen and oxygen atoms in total. The van der Waals surface area contributed by atoms with Gasteiger partial charge in [0.2, 0.25) is 0 Å². The Labute approximate surface area is 119 Å². The van der Waals surface area contributed by atoms with Crippen LogP contribution in [0.2, 0.25) is 0 Å². The van der Waals surface area contributed by atoms with Crippen LogP contribution in [0.25, 0.3) is 0 Å². The van der Waals surface area contributed by atoms with Crippen LogP contribution in [0.4, 0.5) is 4.79 Å². The number of carbonyl (C=O) groups is 1. The van der Waals surface area contributed by atoms with Crippen molar-refractivity contribution in [2.24, 2.45) is 0 Å². The van der Waals surface area contributed by atoms with Crippen LogP contribution in [0.15, 0.2) is 60.7 Å². The molecule has 2 atom stereocenters. The van der Waals surface area contributed by atoms with Crippen molar-refractivity contribution in [3.8, 4) is 0 Å². The van der Waals surface area contributed by atoms with E-state index in [1.54, 1.807) is 0 Å². The Kier molecular flexibility index (Phi) is 3.68. The second kappa shape index (κ2) is 5.78. The highest BCUT2D eigenvalue weighted by molar-refractivity contribution is 5.77. The number of benzene rings is 2. The molecule has 3 heteroatoms. The molecule has 2 aromatic rings. The number of nitrogens with one attached hydrogen (secondary N) is 2. The maximum absolute atomic E-state index is 11.6. The molecule has 1 aliphatic heterocycles. The second-order valence-corrected chi connectivity index (χ2v) is 5.21. The summed E-state index contributed by atoms with van der Waals surface area (Å²) in [6.07, 6.45) is 1.72. The molecule has 0 aliphatic carbocycles. The molecule has 1 heterocycles. The average molecular weight is 266 g/mol. The van der Waals surface area contributed by atoms with E-state index in [0.717, 1.165) is 12.8 Å². The highest BCUT2D eigenvalue weighted by Gasteiger charge is 2.31. The van der Waals surface area contributed by atoms with Crippen LogP contribution in [-0.4, -0.2) is 18.1 Å². The first-order valence-electron chi connectivity index (χ1n) is 6.96. The van der Waals surface area contributed by atoms with Crippen molar-refractivity contribution in [2.45, 2.75) is 24.9 Å². The van der Waals surface area contributed by atoms with E-state index in [2.05, 4.69) is 34.9 Å². The zero-order valence-corrected chi connectivity index (χ0v) is 11.3. The predicted molar refractivity (Wildman–Crippen MR) is 79.5 cm³/mol. The molecule has 0 saturated carbocycles. The Hall–Kier alpha value is -2.29. The fourth-order valence-electron chi connectivity index (χ4n) is 2.70. The largest absolute Gasteiger partial charge is 0.333 e. The monoisotopic (exact) mass is 266 g/mol. The minimum atomic E-state index is -0.0631. The van der Waals surface area contributed by atoms with Crippen molar-refractivity contribution in [2.75, 3.05) is 0 Å². The van der Waals surface area contributed by atoms with Crippen LogP contribution in [0, 0.1) is 0 Å². The minimum Gasteiger partial charge on any atom is -0.333 e. The fraction of sp³-hybridized carbons (Fsp3) is 0.235. The Morgan fingerprint density at radius 3 is 1.50 bits per heavy atom. The van der Waals surface area contributed by atoms with Crippen LogP contribution in [0.1, 0.15) is 11.1 Å². The molecule has 3 rings (SSSR count). The summed E-state index contributed by atoms with van der Waals surface area (Å²) in [5.41, 5.74) is 2.50. The number of rotatable bonds is 4. The zero-order chi connectivity index (χ0) is 13.8.